The van der Waals surface area contributed by atoms with E-state index in [2.05, 4.69) is 10.1 Å². The summed E-state index contributed by atoms with van der Waals surface area (Å²) in [4.78, 5) is 4.43. The standard InChI is InChI=1S/C10H16N6/c1-4-8-13-9(10(11)16(8)12)7-5-15(3)14-6(7)2/h5H,4,11-12H2,1-3H3. The van der Waals surface area contributed by atoms with Crippen LogP contribution >= 0.6 is 0 Å². The number of hydrogen-bond donors (Lipinski definition) is 2. The quantitative estimate of drug-likeness (QED) is 0.719. The molecule has 0 aliphatic rings. The second-order valence-electron chi connectivity index (χ2n) is 3.79. The zero-order chi connectivity index (χ0) is 11.9. The predicted octanol–water partition coefficient (Wildman–Crippen LogP) is 0.450. The Bertz CT molecular complexity index is 522. The van der Waals surface area contributed by atoms with Gasteiger partial charge in [-0.2, -0.15) is 5.10 Å². The highest BCUT2D eigenvalue weighted by Gasteiger charge is 2.16. The van der Waals surface area contributed by atoms with E-state index in [0.717, 1.165) is 23.5 Å². The van der Waals surface area contributed by atoms with Gasteiger partial charge in [-0.1, -0.05) is 6.92 Å². The monoisotopic (exact) mass is 220 g/mol. The van der Waals surface area contributed by atoms with Gasteiger partial charge in [-0.25, -0.2) is 9.66 Å². The van der Waals surface area contributed by atoms with Crippen molar-refractivity contribution in [3.63, 3.8) is 0 Å². The van der Waals surface area contributed by atoms with Crippen molar-refractivity contribution in [2.45, 2.75) is 20.3 Å². The molecular formula is C10H16N6. The summed E-state index contributed by atoms with van der Waals surface area (Å²) in [7, 11) is 1.87. The van der Waals surface area contributed by atoms with Gasteiger partial charge in [0.05, 0.1) is 5.69 Å². The first-order valence-corrected chi connectivity index (χ1v) is 5.17. The smallest absolute Gasteiger partial charge is 0.150 e. The Morgan fingerprint density at radius 2 is 2.12 bits per heavy atom. The summed E-state index contributed by atoms with van der Waals surface area (Å²) in [6, 6.07) is 0. The first-order chi connectivity index (χ1) is 7.54. The number of nitrogens with two attached hydrogens (primary N) is 2. The number of hydrogen-bond acceptors (Lipinski definition) is 4. The molecule has 6 nitrogen and oxygen atoms in total. The number of imidazole rings is 1. The maximum absolute atomic E-state index is 5.93. The summed E-state index contributed by atoms with van der Waals surface area (Å²) >= 11 is 0. The highest BCUT2D eigenvalue weighted by molar-refractivity contribution is 5.72. The largest absolute Gasteiger partial charge is 0.382 e. The van der Waals surface area contributed by atoms with Crippen LogP contribution in [0.1, 0.15) is 18.4 Å². The fraction of sp³-hybridized carbons (Fsp3) is 0.400. The summed E-state index contributed by atoms with van der Waals surface area (Å²) in [6.07, 6.45) is 2.65. The molecule has 0 atom stereocenters. The normalized spacial score (nSPS) is 10.9. The molecule has 86 valence electrons. The number of aryl methyl sites for hydroxylation is 3. The molecule has 0 fully saturated rings. The lowest BCUT2D eigenvalue weighted by atomic mass is 10.2. The highest BCUT2D eigenvalue weighted by Crippen LogP contribution is 2.27. The molecule has 0 aromatic carbocycles. The minimum atomic E-state index is 0.480. The summed E-state index contributed by atoms with van der Waals surface area (Å²) in [5.41, 5.74) is 8.47. The summed E-state index contributed by atoms with van der Waals surface area (Å²) in [6.45, 7) is 3.92. The van der Waals surface area contributed by atoms with Crippen LogP contribution < -0.4 is 11.6 Å². The van der Waals surface area contributed by atoms with Crippen molar-refractivity contribution in [1.29, 1.82) is 0 Å². The van der Waals surface area contributed by atoms with E-state index in [1.807, 2.05) is 27.1 Å². The number of aromatic nitrogens is 4. The molecule has 2 heterocycles. The molecule has 0 bridgehead atoms. The Morgan fingerprint density at radius 1 is 1.44 bits per heavy atom. The van der Waals surface area contributed by atoms with Crippen molar-refractivity contribution >= 4 is 5.82 Å². The molecule has 0 aliphatic carbocycles. The van der Waals surface area contributed by atoms with Crippen LogP contribution in [0.4, 0.5) is 5.82 Å². The molecule has 0 saturated heterocycles. The third kappa shape index (κ3) is 1.42. The topological polar surface area (TPSA) is 87.7 Å². The Balaban J connectivity index is 2.60. The molecule has 0 saturated carbocycles. The average molecular weight is 220 g/mol. The molecular weight excluding hydrogens is 204 g/mol. The van der Waals surface area contributed by atoms with Crippen molar-refractivity contribution < 1.29 is 0 Å². The predicted molar refractivity (Wildman–Crippen MR) is 63.1 cm³/mol. The lowest BCUT2D eigenvalue weighted by molar-refractivity contribution is 0.756. The fourth-order valence-electron chi connectivity index (χ4n) is 1.77. The summed E-state index contributed by atoms with van der Waals surface area (Å²) in [5.74, 6) is 7.06. The van der Waals surface area contributed by atoms with Gasteiger partial charge in [-0.3, -0.25) is 4.68 Å². The van der Waals surface area contributed by atoms with E-state index in [1.165, 1.54) is 4.68 Å². The molecule has 16 heavy (non-hydrogen) atoms. The molecule has 0 amide bonds. The minimum absolute atomic E-state index is 0.480. The van der Waals surface area contributed by atoms with Crippen molar-refractivity contribution in [3.8, 4) is 11.3 Å². The third-order valence-electron chi connectivity index (χ3n) is 2.61. The van der Waals surface area contributed by atoms with Gasteiger partial charge < -0.3 is 11.6 Å². The molecule has 0 radical (unpaired) electrons. The fourth-order valence-corrected chi connectivity index (χ4v) is 1.77. The molecule has 2 aromatic rings. The SMILES string of the molecule is CCc1nc(-c2cn(C)nc2C)c(N)n1N. The Kier molecular flexibility index (Phi) is 2.34. The minimum Gasteiger partial charge on any atom is -0.382 e. The van der Waals surface area contributed by atoms with E-state index < -0.39 is 0 Å². The maximum atomic E-state index is 5.93. The van der Waals surface area contributed by atoms with Crippen LogP contribution in [0.5, 0.6) is 0 Å². The van der Waals surface area contributed by atoms with Gasteiger partial charge in [-0.05, 0) is 6.92 Å². The van der Waals surface area contributed by atoms with Gasteiger partial charge in [0, 0.05) is 25.2 Å². The molecule has 4 N–H and O–H groups in total. The van der Waals surface area contributed by atoms with Crippen LogP contribution in [0.2, 0.25) is 0 Å². The zero-order valence-corrected chi connectivity index (χ0v) is 9.73. The van der Waals surface area contributed by atoms with E-state index in [9.17, 15) is 0 Å². The summed E-state index contributed by atoms with van der Waals surface area (Å²) < 4.78 is 3.17. The number of anilines is 1. The first-order valence-electron chi connectivity index (χ1n) is 5.17. The van der Waals surface area contributed by atoms with Gasteiger partial charge >= 0.3 is 0 Å². The zero-order valence-electron chi connectivity index (χ0n) is 9.73. The highest BCUT2D eigenvalue weighted by atomic mass is 15.4. The summed E-state index contributed by atoms with van der Waals surface area (Å²) in [5, 5.41) is 4.26. The second kappa shape index (κ2) is 3.55. The van der Waals surface area contributed by atoms with Gasteiger partial charge in [0.25, 0.3) is 0 Å². The average Bonchev–Trinajstić information content (AvgIpc) is 2.70. The van der Waals surface area contributed by atoms with Crippen LogP contribution in [0, 0.1) is 6.92 Å². The first kappa shape index (κ1) is 10.5. The maximum Gasteiger partial charge on any atom is 0.150 e. The molecule has 0 spiro atoms. The third-order valence-corrected chi connectivity index (χ3v) is 2.61. The Morgan fingerprint density at radius 3 is 2.56 bits per heavy atom. The molecule has 2 aromatic heterocycles. The van der Waals surface area contributed by atoms with Crippen LogP contribution in [0.25, 0.3) is 11.3 Å². The Labute approximate surface area is 93.8 Å². The number of rotatable bonds is 2. The van der Waals surface area contributed by atoms with Crippen molar-refractivity contribution in [2.75, 3.05) is 11.6 Å². The lowest BCUT2D eigenvalue weighted by Crippen LogP contribution is -2.14. The van der Waals surface area contributed by atoms with Crippen molar-refractivity contribution in [3.05, 3.63) is 17.7 Å². The van der Waals surface area contributed by atoms with E-state index in [0.29, 0.717) is 11.5 Å². The second-order valence-corrected chi connectivity index (χ2v) is 3.79. The van der Waals surface area contributed by atoms with Crippen molar-refractivity contribution in [2.24, 2.45) is 7.05 Å². The van der Waals surface area contributed by atoms with Gasteiger partial charge in [0.2, 0.25) is 0 Å². The van der Waals surface area contributed by atoms with Gasteiger partial charge in [0.15, 0.2) is 5.82 Å². The van der Waals surface area contributed by atoms with Crippen LogP contribution in [0.15, 0.2) is 6.20 Å². The molecule has 6 heteroatoms. The van der Waals surface area contributed by atoms with E-state index >= 15 is 0 Å². The van der Waals surface area contributed by atoms with E-state index in [4.69, 9.17) is 11.6 Å². The van der Waals surface area contributed by atoms with E-state index in [-0.39, 0.29) is 0 Å². The van der Waals surface area contributed by atoms with Crippen LogP contribution in [-0.2, 0) is 13.5 Å². The molecule has 2 rings (SSSR count). The van der Waals surface area contributed by atoms with Crippen LogP contribution in [0.3, 0.4) is 0 Å². The molecule has 0 unspecified atom stereocenters. The number of nitrogens with zero attached hydrogens (tertiary/aromatic N) is 4. The Hall–Kier alpha value is -1.98. The van der Waals surface area contributed by atoms with Crippen LogP contribution in [-0.4, -0.2) is 19.4 Å². The lowest BCUT2D eigenvalue weighted by Gasteiger charge is -1.99. The van der Waals surface area contributed by atoms with E-state index in [1.54, 1.807) is 4.68 Å². The number of nitrogen functional groups attached to an aromatic ring is 2. The van der Waals surface area contributed by atoms with Gasteiger partial charge in [-0.15, -0.1) is 0 Å². The van der Waals surface area contributed by atoms with Gasteiger partial charge in [0.1, 0.15) is 11.5 Å². The van der Waals surface area contributed by atoms with Crippen molar-refractivity contribution in [1.82, 2.24) is 19.4 Å². The molecule has 0 aliphatic heterocycles.